The van der Waals surface area contributed by atoms with Crippen molar-refractivity contribution in [3.8, 4) is 11.3 Å². The molecule has 2 heterocycles. The Morgan fingerprint density at radius 1 is 1.00 bits per heavy atom. The van der Waals surface area contributed by atoms with Gasteiger partial charge in [-0.3, -0.25) is 9.69 Å². The minimum absolute atomic E-state index is 0.140. The van der Waals surface area contributed by atoms with Crippen molar-refractivity contribution in [2.45, 2.75) is 46.1 Å². The van der Waals surface area contributed by atoms with Crippen molar-refractivity contribution < 1.29 is 13.6 Å². The van der Waals surface area contributed by atoms with Crippen molar-refractivity contribution in [3.63, 3.8) is 0 Å². The summed E-state index contributed by atoms with van der Waals surface area (Å²) in [6.07, 6.45) is 4.63. The van der Waals surface area contributed by atoms with Gasteiger partial charge >= 0.3 is 0 Å². The van der Waals surface area contributed by atoms with E-state index in [0.29, 0.717) is 31.2 Å². The van der Waals surface area contributed by atoms with Gasteiger partial charge in [-0.05, 0) is 42.0 Å². The highest BCUT2D eigenvalue weighted by Gasteiger charge is 2.20. The highest BCUT2D eigenvalue weighted by atomic mass is 19.1. The van der Waals surface area contributed by atoms with E-state index in [2.05, 4.69) is 48.0 Å². The molecule has 0 N–H and O–H groups in total. The number of hydrogen-bond donors (Lipinski definition) is 0. The topological polar surface area (TPSA) is 49.6 Å². The van der Waals surface area contributed by atoms with Crippen LogP contribution in [0.3, 0.4) is 0 Å². The molecule has 2 aromatic carbocycles. The van der Waals surface area contributed by atoms with Gasteiger partial charge in [-0.15, -0.1) is 0 Å². The molecule has 6 heteroatoms. The van der Waals surface area contributed by atoms with Gasteiger partial charge in [0, 0.05) is 51.1 Å². The van der Waals surface area contributed by atoms with E-state index in [1.54, 1.807) is 6.20 Å². The minimum Gasteiger partial charge on any atom is -0.441 e. The Kier molecular flexibility index (Phi) is 8.12. The fraction of sp³-hybridized carbons (Fsp3) is 0.429. The van der Waals surface area contributed by atoms with Crippen molar-refractivity contribution in [2.75, 3.05) is 26.2 Å². The molecule has 0 saturated carbocycles. The molecule has 34 heavy (non-hydrogen) atoms. The number of benzene rings is 2. The molecule has 1 aliphatic heterocycles. The molecule has 3 aromatic rings. The van der Waals surface area contributed by atoms with Gasteiger partial charge in [0.15, 0.2) is 11.7 Å². The summed E-state index contributed by atoms with van der Waals surface area (Å²) in [4.78, 5) is 21.5. The Labute approximate surface area is 201 Å². The van der Waals surface area contributed by atoms with Crippen molar-refractivity contribution in [1.82, 2.24) is 14.8 Å². The number of rotatable bonds is 8. The predicted molar refractivity (Wildman–Crippen MR) is 132 cm³/mol. The highest BCUT2D eigenvalue weighted by molar-refractivity contribution is 5.76. The van der Waals surface area contributed by atoms with Crippen LogP contribution in [0.15, 0.2) is 59.1 Å². The number of amides is 1. The summed E-state index contributed by atoms with van der Waals surface area (Å²) in [7, 11) is 0. The Hall–Kier alpha value is -2.99. The third kappa shape index (κ3) is 6.76. The van der Waals surface area contributed by atoms with Gasteiger partial charge in [-0.1, -0.05) is 50.2 Å². The number of carbonyl (C=O) groups excluding carboxylic acids is 1. The fourth-order valence-corrected chi connectivity index (χ4v) is 4.43. The Morgan fingerprint density at radius 2 is 1.74 bits per heavy atom. The molecule has 0 atom stereocenters. The number of halogens is 1. The molecule has 1 aliphatic rings. The van der Waals surface area contributed by atoms with E-state index < -0.39 is 0 Å². The SMILES string of the molecule is CC(C)Cc1ccc(-c2cnc(CCC(=O)N3CCCN(Cc4ccc(F)cc4)CC3)o2)cc1. The van der Waals surface area contributed by atoms with Gasteiger partial charge in [-0.2, -0.15) is 0 Å². The average Bonchev–Trinajstić information content (AvgIpc) is 3.17. The van der Waals surface area contributed by atoms with Gasteiger partial charge in [0.1, 0.15) is 5.82 Å². The summed E-state index contributed by atoms with van der Waals surface area (Å²) >= 11 is 0. The number of oxazole rings is 1. The molecular weight excluding hydrogens is 429 g/mol. The van der Waals surface area contributed by atoms with Gasteiger partial charge in [0.25, 0.3) is 0 Å². The minimum atomic E-state index is -0.214. The molecule has 1 saturated heterocycles. The third-order valence-electron chi connectivity index (χ3n) is 6.25. The Morgan fingerprint density at radius 3 is 2.47 bits per heavy atom. The lowest BCUT2D eigenvalue weighted by molar-refractivity contribution is -0.131. The molecule has 5 nitrogen and oxygen atoms in total. The van der Waals surface area contributed by atoms with E-state index in [-0.39, 0.29) is 11.7 Å². The van der Waals surface area contributed by atoms with Crippen molar-refractivity contribution in [1.29, 1.82) is 0 Å². The third-order valence-corrected chi connectivity index (χ3v) is 6.25. The van der Waals surface area contributed by atoms with Crippen LogP contribution in [0.5, 0.6) is 0 Å². The van der Waals surface area contributed by atoms with Crippen LogP contribution in [0.2, 0.25) is 0 Å². The number of aryl methyl sites for hydroxylation is 1. The molecule has 0 bridgehead atoms. The van der Waals surface area contributed by atoms with Crippen molar-refractivity contribution in [2.24, 2.45) is 5.92 Å². The monoisotopic (exact) mass is 463 g/mol. The zero-order valence-corrected chi connectivity index (χ0v) is 20.2. The van der Waals surface area contributed by atoms with Crippen LogP contribution in [-0.2, 0) is 24.2 Å². The maximum absolute atomic E-state index is 13.1. The number of hydrogen-bond acceptors (Lipinski definition) is 4. The zero-order chi connectivity index (χ0) is 23.9. The quantitative estimate of drug-likeness (QED) is 0.452. The Balaban J connectivity index is 1.25. The van der Waals surface area contributed by atoms with Crippen LogP contribution < -0.4 is 0 Å². The van der Waals surface area contributed by atoms with E-state index in [1.807, 2.05) is 17.0 Å². The molecule has 0 radical (unpaired) electrons. The lowest BCUT2D eigenvalue weighted by atomic mass is 10.0. The Bertz CT molecular complexity index is 1060. The summed E-state index contributed by atoms with van der Waals surface area (Å²) in [6.45, 7) is 8.43. The fourth-order valence-electron chi connectivity index (χ4n) is 4.43. The number of nitrogens with zero attached hydrogens (tertiary/aromatic N) is 3. The van der Waals surface area contributed by atoms with Gasteiger partial charge in [0.2, 0.25) is 5.91 Å². The predicted octanol–water partition coefficient (Wildman–Crippen LogP) is 5.35. The highest BCUT2D eigenvalue weighted by Crippen LogP contribution is 2.22. The normalized spacial score (nSPS) is 15.0. The van der Waals surface area contributed by atoms with E-state index >= 15 is 0 Å². The zero-order valence-electron chi connectivity index (χ0n) is 20.2. The van der Waals surface area contributed by atoms with E-state index in [9.17, 15) is 9.18 Å². The number of carbonyl (C=O) groups is 1. The van der Waals surface area contributed by atoms with Crippen LogP contribution in [0.4, 0.5) is 4.39 Å². The second-order valence-corrected chi connectivity index (χ2v) is 9.55. The van der Waals surface area contributed by atoms with E-state index in [1.165, 1.54) is 17.7 Å². The van der Waals surface area contributed by atoms with Gasteiger partial charge in [0.05, 0.1) is 6.20 Å². The van der Waals surface area contributed by atoms with Crippen LogP contribution in [-0.4, -0.2) is 46.9 Å². The van der Waals surface area contributed by atoms with E-state index in [0.717, 1.165) is 55.9 Å². The summed E-state index contributed by atoms with van der Waals surface area (Å²) in [5.41, 5.74) is 3.42. The average molecular weight is 464 g/mol. The second kappa shape index (κ2) is 11.4. The maximum atomic E-state index is 13.1. The summed E-state index contributed by atoms with van der Waals surface area (Å²) in [5, 5.41) is 0. The second-order valence-electron chi connectivity index (χ2n) is 9.55. The first-order valence-corrected chi connectivity index (χ1v) is 12.2. The van der Waals surface area contributed by atoms with Crippen LogP contribution >= 0.6 is 0 Å². The largest absolute Gasteiger partial charge is 0.441 e. The standard InChI is InChI=1S/C28H34FN3O2/c1-21(2)18-22-4-8-24(9-5-22)26-19-30-27(34-26)12-13-28(33)32-15-3-14-31(16-17-32)20-23-6-10-25(29)11-7-23/h4-11,19,21H,3,12-18,20H2,1-2H3. The molecule has 0 aliphatic carbocycles. The smallest absolute Gasteiger partial charge is 0.223 e. The first-order valence-electron chi connectivity index (χ1n) is 12.2. The molecule has 1 aromatic heterocycles. The molecular formula is C28H34FN3O2. The molecule has 180 valence electrons. The summed E-state index contributed by atoms with van der Waals surface area (Å²) in [5.74, 6) is 1.89. The molecule has 1 amide bonds. The first-order chi connectivity index (χ1) is 16.5. The lowest BCUT2D eigenvalue weighted by Gasteiger charge is -2.22. The summed E-state index contributed by atoms with van der Waals surface area (Å²) < 4.78 is 19.1. The van der Waals surface area contributed by atoms with Crippen LogP contribution in [0, 0.1) is 11.7 Å². The van der Waals surface area contributed by atoms with Crippen LogP contribution in [0.25, 0.3) is 11.3 Å². The number of aromatic nitrogens is 1. The molecule has 0 unspecified atom stereocenters. The molecule has 1 fully saturated rings. The summed E-state index contributed by atoms with van der Waals surface area (Å²) in [6, 6.07) is 15.1. The van der Waals surface area contributed by atoms with Crippen molar-refractivity contribution in [3.05, 3.63) is 77.6 Å². The first kappa shape index (κ1) is 24.1. The molecule has 0 spiro atoms. The van der Waals surface area contributed by atoms with E-state index in [4.69, 9.17) is 4.42 Å². The maximum Gasteiger partial charge on any atom is 0.223 e. The van der Waals surface area contributed by atoms with Gasteiger partial charge in [-0.25, -0.2) is 9.37 Å². The van der Waals surface area contributed by atoms with Gasteiger partial charge < -0.3 is 9.32 Å². The lowest BCUT2D eigenvalue weighted by Crippen LogP contribution is -2.35. The van der Waals surface area contributed by atoms with Crippen LogP contribution in [0.1, 0.15) is 43.7 Å². The van der Waals surface area contributed by atoms with Crippen molar-refractivity contribution >= 4 is 5.91 Å². The molecule has 4 rings (SSSR count).